The molecule has 4 N–H and O–H groups in total. The Hall–Kier alpha value is -1.64. The number of carboxylic acids is 4. The Morgan fingerprint density at radius 3 is 0.929 bits per heavy atom. The largest absolute Gasteiger partial charge is 3.00 e. The topological polar surface area (TPSA) is 193 Å². The molecule has 0 fully saturated rings. The Labute approximate surface area is 87.4 Å². The summed E-state index contributed by atoms with van der Waals surface area (Å²) in [6.07, 6.45) is 0. The molecule has 0 aliphatic carbocycles. The van der Waals surface area contributed by atoms with Gasteiger partial charge in [0.25, 0.3) is 0 Å². The van der Waals surface area contributed by atoms with Crippen LogP contribution in [0.2, 0.25) is 0 Å². The zero-order valence-electron chi connectivity index (χ0n) is 6.37. The number of carbonyl (C=O) groups is 4. The van der Waals surface area contributed by atoms with Gasteiger partial charge in [0.05, 0.1) is 11.9 Å². The molecule has 0 aromatic rings. The third-order valence-corrected chi connectivity index (χ3v) is 0.341. The first-order valence-corrected chi connectivity index (χ1v) is 2.15. The van der Waals surface area contributed by atoms with Crippen LogP contribution in [0.15, 0.2) is 0 Å². The van der Waals surface area contributed by atoms with Crippen LogP contribution in [0.5, 0.6) is 0 Å². The molecule has 0 amide bonds. The van der Waals surface area contributed by atoms with Crippen molar-refractivity contribution in [1.82, 2.24) is 6.15 Å². The van der Waals surface area contributed by atoms with Gasteiger partial charge in [0.1, 0.15) is 0 Å². The second kappa shape index (κ2) is 11.4. The molecule has 0 saturated carbocycles. The van der Waals surface area contributed by atoms with Crippen LogP contribution in [0.4, 0.5) is 0 Å². The van der Waals surface area contributed by atoms with Crippen molar-refractivity contribution in [3.8, 4) is 0 Å². The fraction of sp³-hybridized carbons (Fsp3) is 0. The molecule has 9 nitrogen and oxygen atoms in total. The zero-order valence-corrected chi connectivity index (χ0v) is 7.47. The van der Waals surface area contributed by atoms with Gasteiger partial charge < -0.3 is 41.0 Å². The van der Waals surface area contributed by atoms with Crippen molar-refractivity contribution >= 4 is 23.9 Å². The third-order valence-electron chi connectivity index (χ3n) is 0.341. The van der Waals surface area contributed by atoms with Crippen molar-refractivity contribution < 1.29 is 56.7 Å². The summed E-state index contributed by atoms with van der Waals surface area (Å²) in [6, 6.07) is 0. The Morgan fingerprint density at radius 2 is 0.929 bits per heavy atom. The molecule has 1 radical (unpaired) electrons. The third kappa shape index (κ3) is 22.4. The summed E-state index contributed by atoms with van der Waals surface area (Å²) in [5.74, 6) is -8.38. The van der Waals surface area contributed by atoms with Crippen molar-refractivity contribution in [3.63, 3.8) is 0 Å². The van der Waals surface area contributed by atoms with Crippen molar-refractivity contribution in [2.75, 3.05) is 0 Å². The molecule has 0 aromatic heterocycles. The molecular weight excluding hydrogens is 246 g/mol. The summed E-state index contributed by atoms with van der Waals surface area (Å²) in [5.41, 5.74) is 0. The standard InChI is InChI=1S/2C2H2O4.Fe.H3N/c2*3-1(4)2(5)6;;/h2*(H,3,4)(H,5,6);;1H3/q;;+3;/p-3. The van der Waals surface area contributed by atoms with Crippen molar-refractivity contribution in [2.24, 2.45) is 0 Å². The molecule has 10 heteroatoms. The van der Waals surface area contributed by atoms with Crippen LogP contribution in [0, 0.1) is 0 Å². The molecule has 0 rings (SSSR count). The van der Waals surface area contributed by atoms with Gasteiger partial charge in [0.2, 0.25) is 0 Å². The predicted octanol–water partition coefficient (Wildman–Crippen LogP) is -5.53. The fourth-order valence-electron chi connectivity index (χ4n) is 0. The van der Waals surface area contributed by atoms with E-state index in [4.69, 9.17) is 39.6 Å². The van der Waals surface area contributed by atoms with Gasteiger partial charge in [-0.25, -0.2) is 4.79 Å². The van der Waals surface area contributed by atoms with Crippen LogP contribution in [0.1, 0.15) is 0 Å². The molecule has 0 bridgehead atoms. The first-order valence-electron chi connectivity index (χ1n) is 2.15. The molecule has 0 atom stereocenters. The van der Waals surface area contributed by atoms with Gasteiger partial charge in [-0.3, -0.25) is 0 Å². The van der Waals surface area contributed by atoms with Gasteiger partial charge in [0.15, 0.2) is 5.97 Å². The van der Waals surface area contributed by atoms with Crippen LogP contribution < -0.4 is 21.5 Å². The molecule has 0 aromatic carbocycles. The average molecular weight is 250 g/mol. The first kappa shape index (κ1) is 22.8. The summed E-state index contributed by atoms with van der Waals surface area (Å²) in [4.78, 5) is 35.9. The van der Waals surface area contributed by atoms with Gasteiger partial charge in [-0.15, -0.1) is 0 Å². The van der Waals surface area contributed by atoms with E-state index in [0.29, 0.717) is 0 Å². The Bertz CT molecular complexity index is 177. The van der Waals surface area contributed by atoms with E-state index in [2.05, 4.69) is 0 Å². The zero-order chi connectivity index (χ0) is 10.3. The van der Waals surface area contributed by atoms with Crippen molar-refractivity contribution in [2.45, 2.75) is 0 Å². The minimum atomic E-state index is -2.19. The molecule has 0 spiro atoms. The Morgan fingerprint density at radius 1 is 0.786 bits per heavy atom. The van der Waals surface area contributed by atoms with Crippen molar-refractivity contribution in [3.05, 3.63) is 0 Å². The molecule has 14 heavy (non-hydrogen) atoms. The van der Waals surface area contributed by atoms with E-state index in [1.165, 1.54) is 0 Å². The molecule has 0 saturated heterocycles. The number of carboxylic acid groups (broad SMARTS) is 4. The minimum Gasteiger partial charge on any atom is -0.543 e. The van der Waals surface area contributed by atoms with Gasteiger partial charge in [0, 0.05) is 0 Å². The number of rotatable bonds is 0. The van der Waals surface area contributed by atoms with Gasteiger partial charge in [-0.1, -0.05) is 0 Å². The quantitative estimate of drug-likeness (QED) is 0.311. The number of hydrogen-bond acceptors (Lipinski definition) is 8. The molecule has 0 aliphatic heterocycles. The van der Waals surface area contributed by atoms with Gasteiger partial charge in [-0.05, 0) is 0 Å². The van der Waals surface area contributed by atoms with Crippen LogP contribution in [-0.2, 0) is 36.2 Å². The van der Waals surface area contributed by atoms with E-state index in [0.717, 1.165) is 0 Å². The summed E-state index contributed by atoms with van der Waals surface area (Å²) >= 11 is 0. The van der Waals surface area contributed by atoms with E-state index in [1.807, 2.05) is 0 Å². The van der Waals surface area contributed by atoms with Crippen LogP contribution in [-0.4, -0.2) is 29.0 Å². The smallest absolute Gasteiger partial charge is 0.543 e. The molecule has 0 aliphatic rings. The molecule has 0 heterocycles. The number of aliphatic carboxylic acids is 4. The SMILES string of the molecule is N.O=C([O-])C(=O)O.O=C([O-])C(=O)[O-].[Fe+3]. The Balaban J connectivity index is -0.0000000625. The molecular formula is C4H4FeNO8. The number of hydrogen-bond donors (Lipinski definition) is 2. The van der Waals surface area contributed by atoms with E-state index in [9.17, 15) is 0 Å². The van der Waals surface area contributed by atoms with Crippen LogP contribution in [0.3, 0.4) is 0 Å². The Kier molecular flexibility index (Phi) is 18.5. The minimum absolute atomic E-state index is 0. The van der Waals surface area contributed by atoms with Crippen molar-refractivity contribution in [1.29, 1.82) is 0 Å². The van der Waals surface area contributed by atoms with Gasteiger partial charge in [-0.2, -0.15) is 0 Å². The van der Waals surface area contributed by atoms with Crippen LogP contribution in [0.25, 0.3) is 0 Å². The first-order chi connectivity index (χ1) is 5.29. The second-order valence-corrected chi connectivity index (χ2v) is 1.17. The van der Waals surface area contributed by atoms with E-state index < -0.39 is 23.9 Å². The van der Waals surface area contributed by atoms with Gasteiger partial charge >= 0.3 is 23.0 Å². The maximum atomic E-state index is 9.04. The summed E-state index contributed by atoms with van der Waals surface area (Å²) in [7, 11) is 0. The van der Waals surface area contributed by atoms with E-state index >= 15 is 0 Å². The number of carbonyl (C=O) groups excluding carboxylic acids is 3. The second-order valence-electron chi connectivity index (χ2n) is 1.17. The monoisotopic (exact) mass is 250 g/mol. The molecule has 81 valence electrons. The predicted molar refractivity (Wildman–Crippen MR) is 27.7 cm³/mol. The normalized spacial score (nSPS) is 6.29. The fourth-order valence-corrected chi connectivity index (χ4v) is 0. The van der Waals surface area contributed by atoms with Crippen LogP contribution >= 0.6 is 0 Å². The summed E-state index contributed by atoms with van der Waals surface area (Å²) in [5, 5.41) is 34.2. The maximum Gasteiger partial charge on any atom is 3.00 e. The molecule has 0 unspecified atom stereocenters. The average Bonchev–Trinajstić information content (AvgIpc) is 1.88. The van der Waals surface area contributed by atoms with E-state index in [-0.39, 0.29) is 23.2 Å². The maximum absolute atomic E-state index is 9.04. The summed E-state index contributed by atoms with van der Waals surface area (Å²) in [6.45, 7) is 0. The van der Waals surface area contributed by atoms with E-state index in [1.54, 1.807) is 0 Å². The summed E-state index contributed by atoms with van der Waals surface area (Å²) < 4.78 is 0.